The van der Waals surface area contributed by atoms with Crippen molar-refractivity contribution in [3.8, 4) is 11.5 Å². The highest BCUT2D eigenvalue weighted by Crippen LogP contribution is 2.46. The van der Waals surface area contributed by atoms with Crippen molar-refractivity contribution in [1.82, 2.24) is 4.98 Å². The van der Waals surface area contributed by atoms with Crippen molar-refractivity contribution in [2.24, 2.45) is 0 Å². The van der Waals surface area contributed by atoms with Crippen LogP contribution < -0.4 is 14.4 Å². The van der Waals surface area contributed by atoms with Gasteiger partial charge in [-0.15, -0.1) is 0 Å². The third-order valence-corrected chi connectivity index (χ3v) is 7.50. The van der Waals surface area contributed by atoms with Crippen LogP contribution in [0.4, 0.5) is 5.13 Å². The Morgan fingerprint density at radius 1 is 0.947 bits per heavy atom. The average Bonchev–Trinajstić information content (AvgIpc) is 3.43. The van der Waals surface area contributed by atoms with Crippen LogP contribution in [-0.2, 0) is 9.59 Å². The summed E-state index contributed by atoms with van der Waals surface area (Å²) in [5.41, 5.74) is 1.46. The number of hydrogen-bond acceptors (Lipinski definition) is 7. The fraction of sp³-hybridized carbons (Fsp3) is 0.179. The number of thiazole rings is 1. The molecule has 4 aromatic rings. The molecule has 10 heteroatoms. The monoisotopic (exact) mass is 568 g/mol. The Bertz CT molecular complexity index is 1580. The van der Waals surface area contributed by atoms with E-state index in [1.165, 1.54) is 16.2 Å². The Morgan fingerprint density at radius 2 is 1.63 bits per heavy atom. The number of hydrogen-bond donors (Lipinski definition) is 1. The molecule has 1 amide bonds. The predicted octanol–water partition coefficient (Wildman–Crippen LogP) is 7.03. The Hall–Kier alpha value is -3.59. The lowest BCUT2D eigenvalue weighted by molar-refractivity contribution is -0.132. The number of anilines is 1. The van der Waals surface area contributed by atoms with Gasteiger partial charge in [-0.25, -0.2) is 4.98 Å². The van der Waals surface area contributed by atoms with Crippen molar-refractivity contribution < 1.29 is 24.2 Å². The van der Waals surface area contributed by atoms with E-state index in [9.17, 15) is 14.7 Å². The number of aliphatic hydroxyl groups is 1. The van der Waals surface area contributed by atoms with E-state index in [1.54, 1.807) is 60.7 Å². The molecular weight excluding hydrogens is 547 g/mol. The van der Waals surface area contributed by atoms with Gasteiger partial charge in [-0.1, -0.05) is 40.6 Å². The first kappa shape index (κ1) is 26.0. The second-order valence-electron chi connectivity index (χ2n) is 8.36. The van der Waals surface area contributed by atoms with E-state index >= 15 is 0 Å². The van der Waals surface area contributed by atoms with Crippen LogP contribution in [0.2, 0.25) is 10.0 Å². The molecule has 38 heavy (non-hydrogen) atoms. The molecule has 0 bridgehead atoms. The van der Waals surface area contributed by atoms with Crippen molar-refractivity contribution >= 4 is 67.3 Å². The van der Waals surface area contributed by atoms with Gasteiger partial charge in [-0.2, -0.15) is 0 Å². The summed E-state index contributed by atoms with van der Waals surface area (Å²) in [5, 5.41) is 12.6. The Labute approximate surface area is 232 Å². The van der Waals surface area contributed by atoms with Crippen LogP contribution in [0.15, 0.2) is 66.2 Å². The van der Waals surface area contributed by atoms with Gasteiger partial charge in [0.1, 0.15) is 5.76 Å². The van der Waals surface area contributed by atoms with Crippen LogP contribution in [0.3, 0.4) is 0 Å². The summed E-state index contributed by atoms with van der Waals surface area (Å²) in [7, 11) is 0. The summed E-state index contributed by atoms with van der Waals surface area (Å²) in [6.45, 7) is 4.53. The average molecular weight is 569 g/mol. The van der Waals surface area contributed by atoms with Crippen LogP contribution in [0.1, 0.15) is 31.0 Å². The van der Waals surface area contributed by atoms with Gasteiger partial charge in [0.05, 0.1) is 35.0 Å². The van der Waals surface area contributed by atoms with Crippen molar-refractivity contribution in [2.75, 3.05) is 18.1 Å². The van der Waals surface area contributed by atoms with Crippen LogP contribution in [0, 0.1) is 0 Å². The van der Waals surface area contributed by atoms with Gasteiger partial charge in [0.25, 0.3) is 5.78 Å². The first-order valence-corrected chi connectivity index (χ1v) is 13.4. The fourth-order valence-electron chi connectivity index (χ4n) is 4.34. The van der Waals surface area contributed by atoms with Gasteiger partial charge < -0.3 is 14.6 Å². The quantitative estimate of drug-likeness (QED) is 0.146. The lowest BCUT2D eigenvalue weighted by Gasteiger charge is -2.24. The lowest BCUT2D eigenvalue weighted by Crippen LogP contribution is -2.29. The molecule has 1 unspecified atom stereocenters. The van der Waals surface area contributed by atoms with Crippen LogP contribution in [0.5, 0.6) is 11.5 Å². The first-order valence-electron chi connectivity index (χ1n) is 11.8. The van der Waals surface area contributed by atoms with Crippen LogP contribution >= 0.6 is 34.5 Å². The molecule has 2 heterocycles. The largest absolute Gasteiger partial charge is 0.507 e. The number of rotatable bonds is 7. The van der Waals surface area contributed by atoms with Crippen molar-refractivity contribution in [3.63, 3.8) is 0 Å². The molecule has 194 valence electrons. The highest BCUT2D eigenvalue weighted by molar-refractivity contribution is 7.22. The molecule has 3 aromatic carbocycles. The van der Waals surface area contributed by atoms with E-state index in [0.29, 0.717) is 56.5 Å². The van der Waals surface area contributed by atoms with E-state index in [-0.39, 0.29) is 11.3 Å². The maximum absolute atomic E-state index is 13.5. The van der Waals surface area contributed by atoms with Gasteiger partial charge in [0.2, 0.25) is 0 Å². The van der Waals surface area contributed by atoms with Crippen LogP contribution in [-0.4, -0.2) is 35.0 Å². The molecule has 0 spiro atoms. The normalized spacial score (nSPS) is 16.8. The molecule has 0 saturated carbocycles. The van der Waals surface area contributed by atoms with E-state index < -0.39 is 17.7 Å². The van der Waals surface area contributed by atoms with Crippen LogP contribution in [0.25, 0.3) is 16.0 Å². The summed E-state index contributed by atoms with van der Waals surface area (Å²) in [6.07, 6.45) is 0. The maximum atomic E-state index is 13.5. The standard InChI is InChI=1S/C28H22Cl2N2O5S/c1-3-36-20-12-7-16(13-21(20)37-4-2)24-23(25(33)15-5-8-17(29)9-6-15)26(34)27(35)32(24)28-31-19-11-10-18(30)14-22(19)38-28/h5-14,24,33H,3-4H2,1-2H3/b25-23+. The Kier molecular flexibility index (Phi) is 7.29. The summed E-state index contributed by atoms with van der Waals surface area (Å²) in [4.78, 5) is 32.9. The topological polar surface area (TPSA) is 89.0 Å². The van der Waals surface area contributed by atoms with Gasteiger partial charge in [0.15, 0.2) is 16.6 Å². The second kappa shape index (κ2) is 10.6. The number of ether oxygens (including phenoxy) is 2. The fourth-order valence-corrected chi connectivity index (χ4v) is 5.73. The molecule has 1 fully saturated rings. The van der Waals surface area contributed by atoms with Gasteiger partial charge >= 0.3 is 5.91 Å². The number of Topliss-reactive ketones (excluding diaryl/α,β-unsaturated/α-hetero) is 1. The zero-order valence-corrected chi connectivity index (χ0v) is 22.7. The van der Waals surface area contributed by atoms with Crippen molar-refractivity contribution in [3.05, 3.63) is 87.4 Å². The van der Waals surface area contributed by atoms with Crippen molar-refractivity contribution in [1.29, 1.82) is 0 Å². The predicted molar refractivity (Wildman–Crippen MR) is 150 cm³/mol. The number of amides is 1. The molecule has 1 aromatic heterocycles. The van der Waals surface area contributed by atoms with E-state index in [1.807, 2.05) is 13.8 Å². The summed E-state index contributed by atoms with van der Waals surface area (Å²) >= 11 is 13.4. The number of aliphatic hydroxyl groups excluding tert-OH is 1. The Balaban J connectivity index is 1.73. The molecule has 0 radical (unpaired) electrons. The third-order valence-electron chi connectivity index (χ3n) is 5.99. The number of carbonyl (C=O) groups is 2. The third kappa shape index (κ3) is 4.71. The number of carbonyl (C=O) groups excluding carboxylic acids is 2. The van der Waals surface area contributed by atoms with Gasteiger partial charge in [-0.05, 0) is 74.0 Å². The maximum Gasteiger partial charge on any atom is 0.301 e. The molecule has 1 aliphatic heterocycles. The minimum Gasteiger partial charge on any atom is -0.507 e. The number of benzene rings is 3. The molecule has 5 rings (SSSR count). The second-order valence-corrected chi connectivity index (χ2v) is 10.2. The highest BCUT2D eigenvalue weighted by atomic mass is 35.5. The zero-order valence-electron chi connectivity index (χ0n) is 20.4. The van der Waals surface area contributed by atoms with Gasteiger partial charge in [0, 0.05) is 15.6 Å². The lowest BCUT2D eigenvalue weighted by atomic mass is 9.95. The molecule has 1 aliphatic rings. The molecule has 7 nitrogen and oxygen atoms in total. The minimum absolute atomic E-state index is 0.0683. The van der Waals surface area contributed by atoms with E-state index in [0.717, 1.165) is 4.70 Å². The molecule has 1 N–H and O–H groups in total. The number of halogens is 2. The highest BCUT2D eigenvalue weighted by Gasteiger charge is 2.48. The SMILES string of the molecule is CCOc1ccc(C2/C(=C(\O)c3ccc(Cl)cc3)C(=O)C(=O)N2c2nc3ccc(Cl)cc3s2)cc1OCC. The van der Waals surface area contributed by atoms with Gasteiger partial charge in [-0.3, -0.25) is 14.5 Å². The van der Waals surface area contributed by atoms with E-state index in [2.05, 4.69) is 4.98 Å². The molecule has 1 saturated heterocycles. The summed E-state index contributed by atoms with van der Waals surface area (Å²) in [6, 6.07) is 15.8. The zero-order chi connectivity index (χ0) is 27.0. The number of aromatic nitrogens is 1. The Morgan fingerprint density at radius 3 is 2.34 bits per heavy atom. The minimum atomic E-state index is -0.975. The number of ketones is 1. The molecular formula is C28H22Cl2N2O5S. The number of fused-ring (bicyclic) bond motifs is 1. The smallest absolute Gasteiger partial charge is 0.301 e. The first-order chi connectivity index (χ1) is 18.3. The number of nitrogens with zero attached hydrogens (tertiary/aromatic N) is 2. The summed E-state index contributed by atoms with van der Waals surface area (Å²) in [5.74, 6) is -0.958. The van der Waals surface area contributed by atoms with E-state index in [4.69, 9.17) is 32.7 Å². The summed E-state index contributed by atoms with van der Waals surface area (Å²) < 4.78 is 12.3. The molecule has 1 atom stereocenters. The van der Waals surface area contributed by atoms with Crippen molar-refractivity contribution in [2.45, 2.75) is 19.9 Å². The molecule has 0 aliphatic carbocycles.